The van der Waals surface area contributed by atoms with E-state index >= 15 is 0 Å². The predicted molar refractivity (Wildman–Crippen MR) is 163 cm³/mol. The molecule has 43 heavy (non-hydrogen) atoms. The predicted octanol–water partition coefficient (Wildman–Crippen LogP) is 6.76. The molecule has 236 valence electrons. The lowest BCUT2D eigenvalue weighted by molar-refractivity contribution is -0.142. The molecule has 1 heterocycles. The summed E-state index contributed by atoms with van der Waals surface area (Å²) in [7, 11) is 0. The summed E-state index contributed by atoms with van der Waals surface area (Å²) in [6.45, 7) is 10.6. The van der Waals surface area contributed by atoms with Gasteiger partial charge in [0.25, 0.3) is 5.91 Å². The molecule has 1 aromatic rings. The highest BCUT2D eigenvalue weighted by atomic mass is 19.4. The molecule has 0 spiro atoms. The highest BCUT2D eigenvalue weighted by molar-refractivity contribution is 5.90. The Labute approximate surface area is 253 Å². The second-order valence-corrected chi connectivity index (χ2v) is 11.2. The molecule has 3 aliphatic carbocycles. The monoisotopic (exact) mass is 602 g/mol. The number of aromatic nitrogens is 1. The van der Waals surface area contributed by atoms with Gasteiger partial charge >= 0.3 is 6.18 Å². The number of nitrogens with one attached hydrogen (secondary N) is 2. The van der Waals surface area contributed by atoms with E-state index in [9.17, 15) is 22.8 Å². The Morgan fingerprint density at radius 3 is 2.42 bits per heavy atom. The summed E-state index contributed by atoms with van der Waals surface area (Å²) in [4.78, 5) is 33.0. The summed E-state index contributed by atoms with van der Waals surface area (Å²) in [5, 5.41) is 5.90. The van der Waals surface area contributed by atoms with Gasteiger partial charge < -0.3 is 20.3 Å². The van der Waals surface area contributed by atoms with E-state index in [0.29, 0.717) is 24.0 Å². The van der Waals surface area contributed by atoms with Crippen LogP contribution in [0.4, 0.5) is 19.0 Å². The first-order chi connectivity index (χ1) is 20.5. The van der Waals surface area contributed by atoms with Crippen LogP contribution in [0.5, 0.6) is 0 Å². The molecule has 3 aliphatic rings. The number of allylic oxidation sites excluding steroid dienone is 7. The largest absolute Gasteiger partial charge is 0.482 e. The zero-order valence-electron chi connectivity index (χ0n) is 25.9. The van der Waals surface area contributed by atoms with Crippen molar-refractivity contribution in [1.29, 1.82) is 0 Å². The summed E-state index contributed by atoms with van der Waals surface area (Å²) in [5.74, 6) is 0.935. The van der Waals surface area contributed by atoms with Crippen molar-refractivity contribution in [3.05, 3.63) is 71.7 Å². The van der Waals surface area contributed by atoms with Crippen LogP contribution in [0.1, 0.15) is 73.1 Å². The number of nitrogens with zero attached hydrogens (tertiary/aromatic N) is 2. The van der Waals surface area contributed by atoms with Gasteiger partial charge in [-0.3, -0.25) is 9.59 Å². The maximum atomic E-state index is 13.5. The van der Waals surface area contributed by atoms with Gasteiger partial charge in [0.05, 0.1) is 17.8 Å². The summed E-state index contributed by atoms with van der Waals surface area (Å²) in [5.41, 5.74) is -1.54. The summed E-state index contributed by atoms with van der Waals surface area (Å²) < 4.78 is 45.5. The Balaban J connectivity index is 0.00000248. The van der Waals surface area contributed by atoms with E-state index in [1.165, 1.54) is 6.08 Å². The Morgan fingerprint density at radius 2 is 1.88 bits per heavy atom. The topological polar surface area (TPSA) is 83.6 Å². The molecule has 1 saturated carbocycles. The molecule has 2 unspecified atom stereocenters. The number of pyridine rings is 1. The van der Waals surface area contributed by atoms with Crippen LogP contribution in [0.15, 0.2) is 71.7 Å². The number of hydrogen-bond donors (Lipinski definition) is 2. The minimum absolute atomic E-state index is 0.0254. The van der Waals surface area contributed by atoms with Gasteiger partial charge in [0.15, 0.2) is 5.60 Å². The third-order valence-corrected chi connectivity index (χ3v) is 8.04. The fourth-order valence-electron chi connectivity index (χ4n) is 5.13. The number of hydrogen-bond acceptors (Lipinski definition) is 5. The van der Waals surface area contributed by atoms with Crippen LogP contribution >= 0.6 is 0 Å². The smallest absolute Gasteiger partial charge is 0.412 e. The van der Waals surface area contributed by atoms with Crippen molar-refractivity contribution in [1.82, 2.24) is 15.6 Å². The Kier molecular flexibility index (Phi) is 11.6. The Morgan fingerprint density at radius 1 is 1.14 bits per heavy atom. The molecule has 2 amide bonds. The van der Waals surface area contributed by atoms with Gasteiger partial charge in [0.1, 0.15) is 5.82 Å². The molecule has 0 radical (unpaired) electrons. The minimum atomic E-state index is -4.40. The van der Waals surface area contributed by atoms with E-state index in [1.807, 2.05) is 43.9 Å². The van der Waals surface area contributed by atoms with E-state index in [-0.39, 0.29) is 38.4 Å². The van der Waals surface area contributed by atoms with E-state index in [2.05, 4.69) is 34.7 Å². The number of anilines is 1. The van der Waals surface area contributed by atoms with Crippen molar-refractivity contribution in [3.63, 3.8) is 0 Å². The van der Waals surface area contributed by atoms with Gasteiger partial charge in [0, 0.05) is 37.7 Å². The fraction of sp³-hybridized carbons (Fsp3) is 0.545. The van der Waals surface area contributed by atoms with Gasteiger partial charge in [-0.15, -0.1) is 0 Å². The van der Waals surface area contributed by atoms with E-state index < -0.39 is 28.7 Å². The van der Waals surface area contributed by atoms with Gasteiger partial charge in [-0.25, -0.2) is 4.98 Å². The number of amides is 2. The van der Waals surface area contributed by atoms with Gasteiger partial charge in [-0.1, -0.05) is 51.1 Å². The lowest BCUT2D eigenvalue weighted by Crippen LogP contribution is -2.51. The number of ether oxygens (including phenoxy) is 1. The number of carbonyl (C=O) groups excluding carboxylic acids is 2. The molecule has 0 aromatic carbocycles. The van der Waals surface area contributed by atoms with Crippen molar-refractivity contribution in [3.8, 4) is 0 Å². The van der Waals surface area contributed by atoms with Gasteiger partial charge in [-0.05, 0) is 69.2 Å². The lowest BCUT2D eigenvalue weighted by atomic mass is 9.87. The molecule has 2 N–H and O–H groups in total. The minimum Gasteiger partial charge on any atom is -0.482 e. The Hall–Kier alpha value is -3.56. The van der Waals surface area contributed by atoms with E-state index in [4.69, 9.17) is 4.74 Å². The molecule has 0 bridgehead atoms. The van der Waals surface area contributed by atoms with Crippen LogP contribution in [0.3, 0.4) is 0 Å². The zero-order chi connectivity index (χ0) is 31.7. The molecule has 1 aromatic heterocycles. The number of carbonyl (C=O) groups is 2. The first-order valence-electron chi connectivity index (χ1n) is 15.2. The second-order valence-electron chi connectivity index (χ2n) is 11.2. The standard InChI is InChI=1S/C31H39F3N4O3.C2H6/c1-4-38(26-7-5-6-19-35-26)21-37-27(39)29(3,41-25-14-12-24(13-15-25)31(32,33)34)18-20-36-28(40)30(16-17-30)23-10-8-22(2)9-11-23;1-2/h5-8,10-12,14,19,22H,4,9,13,15-18,20-21H2,1-3H3,(H,36,40)(H,37,39);1-2H3. The highest BCUT2D eigenvalue weighted by Gasteiger charge is 2.52. The maximum absolute atomic E-state index is 13.5. The SMILES string of the molecule is CC.CCN(CNC(=O)C(C)(CCNC(=O)C1(C2=CCC(C)C=C2)CC1)OC1=CC=C(C(F)(F)F)CC1)c1ccccn1. The van der Waals surface area contributed by atoms with Crippen LogP contribution in [0.2, 0.25) is 0 Å². The fourth-order valence-corrected chi connectivity index (χ4v) is 5.13. The zero-order valence-corrected chi connectivity index (χ0v) is 25.9. The van der Waals surface area contributed by atoms with Crippen molar-refractivity contribution in [2.75, 3.05) is 24.7 Å². The number of rotatable bonds is 12. The van der Waals surface area contributed by atoms with Gasteiger partial charge in [-0.2, -0.15) is 13.2 Å². The maximum Gasteiger partial charge on any atom is 0.412 e. The lowest BCUT2D eigenvalue weighted by Gasteiger charge is -2.33. The third-order valence-electron chi connectivity index (χ3n) is 8.04. The Bertz CT molecular complexity index is 1240. The summed E-state index contributed by atoms with van der Waals surface area (Å²) in [6.07, 6.45) is 8.24. The molecular weight excluding hydrogens is 557 g/mol. The van der Waals surface area contributed by atoms with Crippen LogP contribution in [-0.4, -0.2) is 48.3 Å². The quantitative estimate of drug-likeness (QED) is 0.259. The van der Waals surface area contributed by atoms with Crippen molar-refractivity contribution in [2.24, 2.45) is 11.3 Å². The van der Waals surface area contributed by atoms with Crippen LogP contribution < -0.4 is 15.5 Å². The molecular formula is C33H45F3N4O3. The molecule has 1 fully saturated rings. The molecule has 0 aliphatic heterocycles. The normalized spacial score (nSPS) is 20.2. The number of halogens is 3. The summed E-state index contributed by atoms with van der Waals surface area (Å²) >= 11 is 0. The van der Waals surface area contributed by atoms with Crippen LogP contribution in [0, 0.1) is 11.3 Å². The van der Waals surface area contributed by atoms with Crippen LogP contribution in [0.25, 0.3) is 0 Å². The first-order valence-corrected chi connectivity index (χ1v) is 15.2. The van der Waals surface area contributed by atoms with Crippen LogP contribution in [-0.2, 0) is 14.3 Å². The third kappa shape index (κ3) is 8.74. The van der Waals surface area contributed by atoms with E-state index in [0.717, 1.165) is 30.9 Å². The average Bonchev–Trinajstić information content (AvgIpc) is 3.81. The first kappa shape index (κ1) is 33.9. The highest BCUT2D eigenvalue weighted by Crippen LogP contribution is 2.53. The average molecular weight is 603 g/mol. The van der Waals surface area contributed by atoms with Crippen molar-refractivity contribution in [2.45, 2.75) is 84.9 Å². The van der Waals surface area contributed by atoms with Gasteiger partial charge in [0.2, 0.25) is 5.91 Å². The van der Waals surface area contributed by atoms with E-state index in [1.54, 1.807) is 19.2 Å². The van der Waals surface area contributed by atoms with Crippen molar-refractivity contribution >= 4 is 17.6 Å². The number of alkyl halides is 3. The van der Waals surface area contributed by atoms with Crippen molar-refractivity contribution < 1.29 is 27.5 Å². The summed E-state index contributed by atoms with van der Waals surface area (Å²) in [6, 6.07) is 5.50. The molecule has 7 nitrogen and oxygen atoms in total. The molecule has 2 atom stereocenters. The molecule has 0 saturated heterocycles. The molecule has 10 heteroatoms. The molecule has 4 rings (SSSR count). The second kappa shape index (κ2) is 14.8.